The number of para-hydroxylation sites is 1. The number of carboxylic acids is 1. The van der Waals surface area contributed by atoms with Gasteiger partial charge in [0.2, 0.25) is 0 Å². The van der Waals surface area contributed by atoms with Crippen molar-refractivity contribution in [3.05, 3.63) is 23.8 Å². The van der Waals surface area contributed by atoms with Crippen LogP contribution in [-0.4, -0.2) is 24.8 Å². The number of carbonyl (C=O) groups is 1. The average molecular weight is 210 g/mol. The number of methoxy groups -OCH3 is 1. The van der Waals surface area contributed by atoms with Crippen molar-refractivity contribution in [3.8, 4) is 11.5 Å². The Morgan fingerprint density at radius 3 is 2.73 bits per heavy atom. The van der Waals surface area contributed by atoms with Crippen molar-refractivity contribution in [2.75, 3.05) is 13.7 Å². The maximum atomic E-state index is 10.9. The van der Waals surface area contributed by atoms with Gasteiger partial charge >= 0.3 is 5.97 Å². The van der Waals surface area contributed by atoms with Gasteiger partial charge in [0.1, 0.15) is 5.56 Å². The molecule has 1 aromatic carbocycles. The highest BCUT2D eigenvalue weighted by atomic mass is 16.5. The normalized spacial score (nSPS) is 9.73. The van der Waals surface area contributed by atoms with Gasteiger partial charge in [0.25, 0.3) is 0 Å². The zero-order valence-corrected chi connectivity index (χ0v) is 8.82. The molecule has 0 bridgehead atoms. The fourth-order valence-electron chi connectivity index (χ4n) is 1.20. The summed E-state index contributed by atoms with van der Waals surface area (Å²) in [6.45, 7) is 2.43. The number of benzene rings is 1. The molecular formula is C11H14O4. The lowest BCUT2D eigenvalue weighted by molar-refractivity contribution is 0.0691. The Morgan fingerprint density at radius 1 is 1.47 bits per heavy atom. The fourth-order valence-corrected chi connectivity index (χ4v) is 1.20. The first-order chi connectivity index (χ1) is 7.20. The van der Waals surface area contributed by atoms with Gasteiger partial charge in [0.05, 0.1) is 13.7 Å². The molecule has 0 aliphatic carbocycles. The van der Waals surface area contributed by atoms with Crippen molar-refractivity contribution in [3.63, 3.8) is 0 Å². The van der Waals surface area contributed by atoms with Crippen LogP contribution in [-0.2, 0) is 0 Å². The van der Waals surface area contributed by atoms with Gasteiger partial charge in [-0.1, -0.05) is 13.0 Å². The quantitative estimate of drug-likeness (QED) is 0.809. The Hall–Kier alpha value is -1.71. The summed E-state index contributed by atoms with van der Waals surface area (Å²) in [6, 6.07) is 4.80. The number of carboxylic acid groups (broad SMARTS) is 1. The maximum Gasteiger partial charge on any atom is 0.339 e. The summed E-state index contributed by atoms with van der Waals surface area (Å²) in [5, 5.41) is 8.95. The van der Waals surface area contributed by atoms with Crippen molar-refractivity contribution in [1.29, 1.82) is 0 Å². The van der Waals surface area contributed by atoms with Crippen LogP contribution in [0.4, 0.5) is 0 Å². The van der Waals surface area contributed by atoms with Gasteiger partial charge in [0.15, 0.2) is 11.5 Å². The van der Waals surface area contributed by atoms with E-state index in [1.54, 1.807) is 12.1 Å². The average Bonchev–Trinajstić information content (AvgIpc) is 2.25. The van der Waals surface area contributed by atoms with E-state index in [9.17, 15) is 4.79 Å². The molecule has 0 aromatic heterocycles. The molecule has 0 fully saturated rings. The minimum Gasteiger partial charge on any atom is -0.493 e. The maximum absolute atomic E-state index is 10.9. The predicted molar refractivity (Wildman–Crippen MR) is 55.7 cm³/mol. The lowest BCUT2D eigenvalue weighted by Gasteiger charge is -2.12. The first kappa shape index (κ1) is 11.4. The Labute approximate surface area is 88.4 Å². The van der Waals surface area contributed by atoms with E-state index in [2.05, 4.69) is 0 Å². The van der Waals surface area contributed by atoms with Crippen LogP contribution in [0.3, 0.4) is 0 Å². The molecule has 0 atom stereocenters. The van der Waals surface area contributed by atoms with Crippen LogP contribution in [0.5, 0.6) is 11.5 Å². The van der Waals surface area contributed by atoms with E-state index in [1.165, 1.54) is 13.2 Å². The highest BCUT2D eigenvalue weighted by Crippen LogP contribution is 2.31. The summed E-state index contributed by atoms with van der Waals surface area (Å²) < 4.78 is 10.4. The number of ether oxygens (including phenoxy) is 2. The van der Waals surface area contributed by atoms with Gasteiger partial charge in [-0.05, 0) is 18.6 Å². The van der Waals surface area contributed by atoms with E-state index in [4.69, 9.17) is 14.6 Å². The first-order valence-electron chi connectivity index (χ1n) is 4.73. The highest BCUT2D eigenvalue weighted by molar-refractivity contribution is 5.92. The minimum absolute atomic E-state index is 0.128. The molecule has 4 heteroatoms. The van der Waals surface area contributed by atoms with Crippen molar-refractivity contribution in [1.82, 2.24) is 0 Å². The Morgan fingerprint density at radius 2 is 2.20 bits per heavy atom. The molecule has 0 unspecified atom stereocenters. The molecule has 82 valence electrons. The van der Waals surface area contributed by atoms with Crippen LogP contribution >= 0.6 is 0 Å². The summed E-state index contributed by atoms with van der Waals surface area (Å²) in [7, 11) is 1.49. The molecule has 0 radical (unpaired) electrons. The minimum atomic E-state index is -1.01. The van der Waals surface area contributed by atoms with Gasteiger partial charge < -0.3 is 14.6 Å². The van der Waals surface area contributed by atoms with Gasteiger partial charge in [0, 0.05) is 0 Å². The third-order valence-corrected chi connectivity index (χ3v) is 1.88. The summed E-state index contributed by atoms with van der Waals surface area (Å²) in [6.07, 6.45) is 0.817. The summed E-state index contributed by atoms with van der Waals surface area (Å²) in [5.41, 5.74) is 0.128. The van der Waals surface area contributed by atoms with Gasteiger partial charge in [-0.3, -0.25) is 0 Å². The molecular weight excluding hydrogens is 196 g/mol. The summed E-state index contributed by atoms with van der Waals surface area (Å²) in [4.78, 5) is 10.9. The van der Waals surface area contributed by atoms with Crippen LogP contribution in [0.25, 0.3) is 0 Å². The highest BCUT2D eigenvalue weighted by Gasteiger charge is 2.15. The molecule has 15 heavy (non-hydrogen) atoms. The van der Waals surface area contributed by atoms with Gasteiger partial charge in [-0.2, -0.15) is 0 Å². The smallest absolute Gasteiger partial charge is 0.339 e. The second-order valence-electron chi connectivity index (χ2n) is 2.99. The van der Waals surface area contributed by atoms with Gasteiger partial charge in [-0.15, -0.1) is 0 Å². The second kappa shape index (κ2) is 5.24. The van der Waals surface area contributed by atoms with E-state index in [1.807, 2.05) is 6.92 Å². The SMILES string of the molecule is CCCOc1c(OC)cccc1C(=O)O. The van der Waals surface area contributed by atoms with Crippen molar-refractivity contribution >= 4 is 5.97 Å². The van der Waals surface area contributed by atoms with E-state index < -0.39 is 5.97 Å². The topological polar surface area (TPSA) is 55.8 Å². The molecule has 0 aliphatic rings. The van der Waals surface area contributed by atoms with E-state index in [0.29, 0.717) is 18.1 Å². The second-order valence-corrected chi connectivity index (χ2v) is 2.99. The molecule has 0 heterocycles. The zero-order chi connectivity index (χ0) is 11.3. The standard InChI is InChI=1S/C11H14O4/c1-3-7-15-10-8(11(12)13)5-4-6-9(10)14-2/h4-6H,3,7H2,1-2H3,(H,12,13). The predicted octanol–water partition coefficient (Wildman–Crippen LogP) is 2.18. The molecule has 1 aromatic rings. The molecule has 4 nitrogen and oxygen atoms in total. The van der Waals surface area contributed by atoms with Crippen LogP contribution in [0, 0.1) is 0 Å². The summed E-state index contributed by atoms with van der Waals surface area (Å²) in [5.74, 6) is -0.266. The van der Waals surface area contributed by atoms with E-state index >= 15 is 0 Å². The molecule has 0 saturated carbocycles. The molecule has 1 rings (SSSR count). The number of hydrogen-bond donors (Lipinski definition) is 1. The molecule has 0 amide bonds. The molecule has 0 aliphatic heterocycles. The Kier molecular flexibility index (Phi) is 3.97. The number of rotatable bonds is 5. The first-order valence-corrected chi connectivity index (χ1v) is 4.73. The number of hydrogen-bond acceptors (Lipinski definition) is 3. The number of aromatic carboxylic acids is 1. The lowest BCUT2D eigenvalue weighted by atomic mass is 10.2. The summed E-state index contributed by atoms with van der Waals surface area (Å²) >= 11 is 0. The van der Waals surface area contributed by atoms with Crippen LogP contribution < -0.4 is 9.47 Å². The molecule has 1 N–H and O–H groups in total. The lowest BCUT2D eigenvalue weighted by Crippen LogP contribution is -2.05. The molecule has 0 saturated heterocycles. The van der Waals surface area contributed by atoms with E-state index in [-0.39, 0.29) is 5.56 Å². The van der Waals surface area contributed by atoms with E-state index in [0.717, 1.165) is 6.42 Å². The van der Waals surface area contributed by atoms with Crippen molar-refractivity contribution in [2.24, 2.45) is 0 Å². The Bertz CT molecular complexity index is 346. The van der Waals surface area contributed by atoms with Crippen LogP contribution in [0.15, 0.2) is 18.2 Å². The fraction of sp³-hybridized carbons (Fsp3) is 0.364. The van der Waals surface area contributed by atoms with Crippen LogP contribution in [0.2, 0.25) is 0 Å². The van der Waals surface area contributed by atoms with Gasteiger partial charge in [-0.25, -0.2) is 4.79 Å². The monoisotopic (exact) mass is 210 g/mol. The third kappa shape index (κ3) is 2.62. The van der Waals surface area contributed by atoms with Crippen molar-refractivity contribution in [2.45, 2.75) is 13.3 Å². The van der Waals surface area contributed by atoms with Crippen molar-refractivity contribution < 1.29 is 19.4 Å². The third-order valence-electron chi connectivity index (χ3n) is 1.88. The largest absolute Gasteiger partial charge is 0.493 e. The van der Waals surface area contributed by atoms with Crippen LogP contribution in [0.1, 0.15) is 23.7 Å². The Balaban J connectivity index is 3.08. The molecule has 0 spiro atoms. The zero-order valence-electron chi connectivity index (χ0n) is 8.82.